The number of hydrogen-bond donors (Lipinski definition) is 2. The largest absolute Gasteiger partial charge is 0.509 e. The minimum absolute atomic E-state index is 0.0659. The fraction of sp³-hybridized carbons (Fsp3) is 0.783. The number of aliphatic hydroxyl groups excluding tert-OH is 1. The molecule has 9 atom stereocenters. The highest BCUT2D eigenvalue weighted by Crippen LogP contribution is 2.62. The van der Waals surface area contributed by atoms with E-state index in [1.807, 2.05) is 19.6 Å². The van der Waals surface area contributed by atoms with Crippen molar-refractivity contribution < 1.29 is 38.5 Å². The van der Waals surface area contributed by atoms with Gasteiger partial charge >= 0.3 is 6.16 Å². The van der Waals surface area contributed by atoms with Gasteiger partial charge in [-0.15, -0.1) is 0 Å². The fourth-order valence-electron chi connectivity index (χ4n) is 6.94. The van der Waals surface area contributed by atoms with Crippen LogP contribution in [0, 0.1) is 23.7 Å². The van der Waals surface area contributed by atoms with Gasteiger partial charge in [0.1, 0.15) is 6.10 Å². The molecule has 0 unspecified atom stereocenters. The van der Waals surface area contributed by atoms with Gasteiger partial charge in [0, 0.05) is 24.2 Å². The van der Waals surface area contributed by atoms with Crippen molar-refractivity contribution in [1.29, 1.82) is 0 Å². The lowest BCUT2D eigenvalue weighted by molar-refractivity contribution is -0.221. The molecule has 0 bridgehead atoms. The van der Waals surface area contributed by atoms with Crippen LogP contribution in [0.25, 0.3) is 0 Å². The minimum Gasteiger partial charge on any atom is -0.426 e. The number of ketones is 2. The van der Waals surface area contributed by atoms with Crippen LogP contribution < -0.4 is 0 Å². The lowest BCUT2D eigenvalue weighted by atomic mass is 9.55. The molecule has 8 nitrogen and oxygen atoms in total. The summed E-state index contributed by atoms with van der Waals surface area (Å²) < 4.78 is 17.5. The molecule has 178 valence electrons. The summed E-state index contributed by atoms with van der Waals surface area (Å²) in [4.78, 5) is 38.5. The zero-order chi connectivity index (χ0) is 24.0. The number of fused-ring (bicyclic) bond motifs is 5. The molecule has 0 aromatic carbocycles. The number of aliphatic hydroxyl groups is 2. The lowest BCUT2D eigenvalue weighted by Crippen LogP contribution is -2.70. The Labute approximate surface area is 189 Å². The van der Waals surface area contributed by atoms with Crippen LogP contribution in [-0.4, -0.2) is 65.3 Å². The van der Waals surface area contributed by atoms with Crippen molar-refractivity contribution in [2.24, 2.45) is 23.7 Å². The molecule has 0 radical (unpaired) electrons. The first kappa shape index (κ1) is 23.6. The first-order valence-corrected chi connectivity index (χ1v) is 14.7. The summed E-state index contributed by atoms with van der Waals surface area (Å²) in [7, 11) is -2.38. The van der Waals surface area contributed by atoms with Crippen molar-refractivity contribution in [2.45, 2.75) is 88.7 Å². The third-order valence-electron chi connectivity index (χ3n) is 8.15. The normalized spacial score (nSPS) is 48.3. The average molecular weight is 467 g/mol. The first-order chi connectivity index (χ1) is 14.6. The number of carbonyl (C=O) groups is 3. The van der Waals surface area contributed by atoms with Gasteiger partial charge < -0.3 is 24.1 Å². The van der Waals surface area contributed by atoms with E-state index >= 15 is 0 Å². The maximum absolute atomic E-state index is 13.6. The van der Waals surface area contributed by atoms with E-state index in [1.165, 1.54) is 6.92 Å². The van der Waals surface area contributed by atoms with Gasteiger partial charge in [-0.1, -0.05) is 20.4 Å². The molecule has 1 aliphatic heterocycles. The van der Waals surface area contributed by atoms with Gasteiger partial charge in [-0.2, -0.15) is 0 Å². The number of rotatable bonds is 3. The molecule has 3 aliphatic carbocycles. The van der Waals surface area contributed by atoms with Crippen LogP contribution in [0.4, 0.5) is 4.79 Å². The molecule has 2 N–H and O–H groups in total. The number of ether oxygens (including phenoxy) is 2. The average Bonchev–Trinajstić information content (AvgIpc) is 3.11. The molecular formula is C23H34O8Si. The Balaban J connectivity index is 1.94. The second-order valence-electron chi connectivity index (χ2n) is 11.3. The molecule has 0 spiro atoms. The SMILES string of the molecule is C=C1C[C@H]2[C@H]3OC(=O)O[C@@]3(C(C)=O)C[C@@H](C)[C@]2(O)[C@@H]2C[C@H](C)C(=O)[C@@]2(O[Si](C)(C)C)[C@@H]1O. The maximum Gasteiger partial charge on any atom is 0.509 e. The summed E-state index contributed by atoms with van der Waals surface area (Å²) in [6, 6.07) is 0. The summed E-state index contributed by atoms with van der Waals surface area (Å²) in [5.41, 5.74) is -4.35. The Bertz CT molecular complexity index is 895. The zero-order valence-electron chi connectivity index (χ0n) is 19.6. The van der Waals surface area contributed by atoms with E-state index < -0.39 is 67.2 Å². The monoisotopic (exact) mass is 466 g/mol. The van der Waals surface area contributed by atoms with Crippen LogP contribution in [0.2, 0.25) is 19.6 Å². The molecule has 4 rings (SSSR count). The summed E-state index contributed by atoms with van der Waals surface area (Å²) in [6.45, 7) is 14.8. The Morgan fingerprint density at radius 2 is 1.88 bits per heavy atom. The van der Waals surface area contributed by atoms with Crippen LogP contribution >= 0.6 is 0 Å². The molecular weight excluding hydrogens is 432 g/mol. The third-order valence-corrected chi connectivity index (χ3v) is 9.10. The molecule has 0 amide bonds. The van der Waals surface area contributed by atoms with Crippen LogP contribution in [0.1, 0.15) is 40.0 Å². The topological polar surface area (TPSA) is 119 Å². The van der Waals surface area contributed by atoms with E-state index in [1.54, 1.807) is 13.8 Å². The Hall–Kier alpha value is -1.55. The highest BCUT2D eigenvalue weighted by Gasteiger charge is 2.76. The van der Waals surface area contributed by atoms with Crippen LogP contribution in [-0.2, 0) is 23.5 Å². The van der Waals surface area contributed by atoms with Crippen LogP contribution in [0.5, 0.6) is 0 Å². The van der Waals surface area contributed by atoms with Gasteiger partial charge in [0.05, 0.1) is 5.60 Å². The van der Waals surface area contributed by atoms with Crippen molar-refractivity contribution in [3.8, 4) is 0 Å². The van der Waals surface area contributed by atoms with E-state index in [9.17, 15) is 24.6 Å². The lowest BCUT2D eigenvalue weighted by Gasteiger charge is -2.55. The Morgan fingerprint density at radius 1 is 1.25 bits per heavy atom. The molecule has 9 heteroatoms. The van der Waals surface area contributed by atoms with Gasteiger partial charge in [0.15, 0.2) is 31.6 Å². The molecule has 1 heterocycles. The Kier molecular flexibility index (Phi) is 5.14. The third kappa shape index (κ3) is 2.87. The Morgan fingerprint density at radius 3 is 2.44 bits per heavy atom. The maximum atomic E-state index is 13.6. The second kappa shape index (κ2) is 6.98. The van der Waals surface area contributed by atoms with E-state index in [4.69, 9.17) is 13.9 Å². The number of carbonyl (C=O) groups excluding carboxylic acids is 3. The van der Waals surface area contributed by atoms with Gasteiger partial charge in [0.25, 0.3) is 0 Å². The molecule has 3 saturated carbocycles. The van der Waals surface area contributed by atoms with Gasteiger partial charge in [-0.3, -0.25) is 9.59 Å². The van der Waals surface area contributed by atoms with Crippen molar-refractivity contribution in [2.75, 3.05) is 0 Å². The molecule has 0 aromatic heterocycles. The smallest absolute Gasteiger partial charge is 0.426 e. The molecule has 1 saturated heterocycles. The van der Waals surface area contributed by atoms with Gasteiger partial charge in [-0.05, 0) is 50.9 Å². The van der Waals surface area contributed by atoms with E-state index in [0.717, 1.165) is 0 Å². The fourth-order valence-corrected chi connectivity index (χ4v) is 8.31. The van der Waals surface area contributed by atoms with Crippen molar-refractivity contribution in [3.63, 3.8) is 0 Å². The summed E-state index contributed by atoms with van der Waals surface area (Å²) >= 11 is 0. The summed E-state index contributed by atoms with van der Waals surface area (Å²) in [5, 5.41) is 23.9. The molecule has 0 aromatic rings. The predicted octanol–water partition coefficient (Wildman–Crippen LogP) is 2.37. The summed E-state index contributed by atoms with van der Waals surface area (Å²) in [6.07, 6.45) is -2.84. The zero-order valence-corrected chi connectivity index (χ0v) is 20.6. The van der Waals surface area contributed by atoms with E-state index in [0.29, 0.717) is 12.0 Å². The number of hydrogen-bond acceptors (Lipinski definition) is 8. The van der Waals surface area contributed by atoms with Crippen LogP contribution in [0.15, 0.2) is 12.2 Å². The molecule has 4 aliphatic rings. The van der Waals surface area contributed by atoms with E-state index in [2.05, 4.69) is 6.58 Å². The first-order valence-electron chi connectivity index (χ1n) is 11.3. The highest BCUT2D eigenvalue weighted by atomic mass is 28.4. The minimum atomic E-state index is -2.38. The number of Topliss-reactive ketones (excluding diaryl/α,β-unsaturated/α-hetero) is 2. The van der Waals surface area contributed by atoms with Crippen molar-refractivity contribution >= 4 is 26.0 Å². The second-order valence-corrected chi connectivity index (χ2v) is 15.7. The van der Waals surface area contributed by atoms with Gasteiger partial charge in [0.2, 0.25) is 5.60 Å². The quantitative estimate of drug-likeness (QED) is 0.370. The van der Waals surface area contributed by atoms with Gasteiger partial charge in [-0.25, -0.2) is 4.79 Å². The predicted molar refractivity (Wildman–Crippen MR) is 116 cm³/mol. The van der Waals surface area contributed by atoms with Crippen molar-refractivity contribution in [1.82, 2.24) is 0 Å². The van der Waals surface area contributed by atoms with E-state index in [-0.39, 0.29) is 24.4 Å². The van der Waals surface area contributed by atoms with Crippen LogP contribution in [0.3, 0.4) is 0 Å². The summed E-state index contributed by atoms with van der Waals surface area (Å²) in [5.74, 6) is -3.08. The molecule has 4 fully saturated rings. The van der Waals surface area contributed by atoms with Crippen molar-refractivity contribution in [3.05, 3.63) is 12.2 Å². The standard InChI is InChI=1S/C23H34O8Si/c1-11-8-15-19-21(14(4)24,30-20(27)29-19)10-13(3)22(15,28)16-9-12(2)18(26)23(16,17(11)25)31-32(5,6)7/h12-13,15-17,19,25,28H,1,8-10H2,2-7H3/t12-,13+,15-,16-,17+,19+,21+,22+,23-/m0/s1. The highest BCUT2D eigenvalue weighted by molar-refractivity contribution is 6.70. The molecule has 32 heavy (non-hydrogen) atoms.